The van der Waals surface area contributed by atoms with E-state index in [-0.39, 0.29) is 5.56 Å². The summed E-state index contributed by atoms with van der Waals surface area (Å²) in [5.41, 5.74) is -1.03. The molecule has 4 nitrogen and oxygen atoms in total. The molecule has 0 N–H and O–H groups in total. The van der Waals surface area contributed by atoms with Gasteiger partial charge in [-0.15, -0.1) is 13.2 Å². The Morgan fingerprint density at radius 2 is 1.65 bits per heavy atom. The van der Waals surface area contributed by atoms with Gasteiger partial charge in [0.15, 0.2) is 0 Å². The molecule has 0 amide bonds. The maximum Gasteiger partial charge on any atom is 0.575 e. The lowest BCUT2D eigenvalue weighted by Crippen LogP contribution is -2.41. The van der Waals surface area contributed by atoms with Crippen LogP contribution in [0.2, 0.25) is 0 Å². The highest BCUT2D eigenvalue weighted by molar-refractivity contribution is 9.10. The van der Waals surface area contributed by atoms with Gasteiger partial charge in [0.25, 0.3) is 0 Å². The van der Waals surface area contributed by atoms with E-state index in [9.17, 15) is 18.0 Å². The van der Waals surface area contributed by atoms with Gasteiger partial charge in [-0.05, 0) is 51.4 Å². The molecule has 1 fully saturated rings. The molecule has 0 aliphatic carbocycles. The van der Waals surface area contributed by atoms with E-state index in [1.807, 2.05) is 27.7 Å². The minimum atomic E-state index is -5.04. The summed E-state index contributed by atoms with van der Waals surface area (Å²) in [4.78, 5) is 11.6. The van der Waals surface area contributed by atoms with E-state index in [1.165, 1.54) is 12.1 Å². The van der Waals surface area contributed by atoms with E-state index in [1.54, 1.807) is 6.07 Å². The number of carbonyl (C=O) groups is 1. The molecular weight excluding hydrogens is 380 g/mol. The van der Waals surface area contributed by atoms with Gasteiger partial charge in [0.1, 0.15) is 0 Å². The van der Waals surface area contributed by atoms with Crippen molar-refractivity contribution in [3.05, 3.63) is 28.2 Å². The molecule has 1 aliphatic heterocycles. The quantitative estimate of drug-likeness (QED) is 0.569. The number of alkyl halides is 3. The average Bonchev–Trinajstić information content (AvgIpc) is 2.55. The lowest BCUT2D eigenvalue weighted by atomic mass is 9.78. The number of hydrogen-bond donors (Lipinski definition) is 0. The molecule has 126 valence electrons. The van der Waals surface area contributed by atoms with Crippen LogP contribution >= 0.6 is 15.9 Å². The molecule has 0 atom stereocenters. The van der Waals surface area contributed by atoms with Crippen molar-refractivity contribution in [2.24, 2.45) is 0 Å². The number of rotatable bonds is 2. The zero-order valence-electron chi connectivity index (χ0n) is 13.0. The minimum absolute atomic E-state index is 0.249. The summed E-state index contributed by atoms with van der Waals surface area (Å²) in [5, 5.41) is 0. The van der Waals surface area contributed by atoms with Gasteiger partial charge in [-0.2, -0.15) is 0 Å². The van der Waals surface area contributed by atoms with Gasteiger partial charge in [-0.3, -0.25) is 0 Å². The molecule has 0 saturated carbocycles. The monoisotopic (exact) mass is 394 g/mol. The summed E-state index contributed by atoms with van der Waals surface area (Å²) in [6.45, 7) is 7.40. The lowest BCUT2D eigenvalue weighted by molar-refractivity contribution is -0.291. The number of benzene rings is 1. The van der Waals surface area contributed by atoms with Crippen LogP contribution in [-0.2, 0) is 14.0 Å². The van der Waals surface area contributed by atoms with Crippen molar-refractivity contribution in [1.82, 2.24) is 0 Å². The third-order valence-corrected chi connectivity index (χ3v) is 4.35. The highest BCUT2D eigenvalue weighted by Crippen LogP contribution is 2.36. The fourth-order valence-corrected chi connectivity index (χ4v) is 2.52. The zero-order chi connectivity index (χ0) is 17.6. The molecule has 0 bridgehead atoms. The van der Waals surface area contributed by atoms with Crippen molar-refractivity contribution in [2.75, 3.05) is 0 Å². The third-order valence-electron chi connectivity index (χ3n) is 3.89. The minimum Gasteiger partial charge on any atom is -0.399 e. The van der Waals surface area contributed by atoms with Crippen LogP contribution in [-0.4, -0.2) is 30.7 Å². The maximum atomic E-state index is 12.2. The zero-order valence-corrected chi connectivity index (χ0v) is 14.5. The SMILES string of the molecule is CC1(C)OB(c2cc(Br)cc(C(=O)OC(F)(F)F)c2)OC1(C)C. The van der Waals surface area contributed by atoms with Gasteiger partial charge in [-0.1, -0.05) is 15.9 Å². The summed E-state index contributed by atoms with van der Waals surface area (Å²) < 4.78 is 52.1. The van der Waals surface area contributed by atoms with E-state index in [0.29, 0.717) is 9.94 Å². The Bertz CT molecular complexity index is 615. The molecule has 9 heteroatoms. The molecule has 0 aromatic heterocycles. The highest BCUT2D eigenvalue weighted by atomic mass is 79.9. The van der Waals surface area contributed by atoms with Crippen LogP contribution in [0.4, 0.5) is 13.2 Å². The normalized spacial score (nSPS) is 19.7. The first-order valence-corrected chi connectivity index (χ1v) is 7.56. The van der Waals surface area contributed by atoms with E-state index in [4.69, 9.17) is 9.31 Å². The Kier molecular flexibility index (Phi) is 4.60. The van der Waals surface area contributed by atoms with Crippen molar-refractivity contribution < 1.29 is 32.0 Å². The molecule has 0 radical (unpaired) electrons. The van der Waals surface area contributed by atoms with Gasteiger partial charge in [0.2, 0.25) is 0 Å². The van der Waals surface area contributed by atoms with E-state index in [0.717, 1.165) is 0 Å². The summed E-state index contributed by atoms with van der Waals surface area (Å²) in [7, 11) is -0.796. The number of esters is 1. The smallest absolute Gasteiger partial charge is 0.399 e. The van der Waals surface area contributed by atoms with Gasteiger partial charge in [0.05, 0.1) is 16.8 Å². The van der Waals surface area contributed by atoms with Crippen molar-refractivity contribution in [2.45, 2.75) is 45.3 Å². The highest BCUT2D eigenvalue weighted by Gasteiger charge is 2.51. The first kappa shape index (κ1) is 18.3. The van der Waals surface area contributed by atoms with Crippen molar-refractivity contribution in [3.63, 3.8) is 0 Å². The molecule has 1 saturated heterocycles. The number of hydrogen-bond acceptors (Lipinski definition) is 4. The molecule has 0 unspecified atom stereocenters. The van der Waals surface area contributed by atoms with Crippen LogP contribution in [0.1, 0.15) is 38.1 Å². The topological polar surface area (TPSA) is 44.8 Å². The largest absolute Gasteiger partial charge is 0.575 e. The van der Waals surface area contributed by atoms with E-state index in [2.05, 4.69) is 20.7 Å². The first-order valence-electron chi connectivity index (χ1n) is 6.77. The molecule has 1 heterocycles. The summed E-state index contributed by atoms with van der Waals surface area (Å²) in [6.07, 6.45) is -5.04. The Hall–Kier alpha value is -1.06. The van der Waals surface area contributed by atoms with Crippen molar-refractivity contribution in [3.8, 4) is 0 Å². The third kappa shape index (κ3) is 4.08. The van der Waals surface area contributed by atoms with E-state index >= 15 is 0 Å². The second-order valence-electron chi connectivity index (χ2n) is 6.20. The van der Waals surface area contributed by atoms with Crippen molar-refractivity contribution in [1.29, 1.82) is 0 Å². The Labute approximate surface area is 140 Å². The van der Waals surface area contributed by atoms with Gasteiger partial charge in [0, 0.05) is 4.47 Å². The Morgan fingerprint density at radius 3 is 2.13 bits per heavy atom. The Morgan fingerprint density at radius 1 is 1.13 bits per heavy atom. The van der Waals surface area contributed by atoms with Gasteiger partial charge in [-0.25, -0.2) is 4.79 Å². The summed E-state index contributed by atoms with van der Waals surface area (Å²) >= 11 is 3.16. The van der Waals surface area contributed by atoms with Crippen LogP contribution in [0.25, 0.3) is 0 Å². The predicted molar refractivity (Wildman–Crippen MR) is 81.3 cm³/mol. The summed E-state index contributed by atoms with van der Waals surface area (Å²) in [6, 6.07) is 4.12. The fourth-order valence-electron chi connectivity index (χ4n) is 2.01. The standard InChI is InChI=1S/C14H15BBrF3O4/c1-12(2)13(3,4)23-15(22-12)9-5-8(6-10(16)7-9)11(20)21-14(17,18)19/h5-7H,1-4H3. The predicted octanol–water partition coefficient (Wildman–Crippen LogP) is 3.42. The van der Waals surface area contributed by atoms with Crippen LogP contribution in [0.3, 0.4) is 0 Å². The second-order valence-corrected chi connectivity index (χ2v) is 7.11. The van der Waals surface area contributed by atoms with Gasteiger partial charge < -0.3 is 14.0 Å². The van der Waals surface area contributed by atoms with Crippen LogP contribution in [0.5, 0.6) is 0 Å². The molecule has 1 aromatic carbocycles. The molecular formula is C14H15BBrF3O4. The molecule has 1 aromatic rings. The number of ether oxygens (including phenoxy) is 1. The fraction of sp³-hybridized carbons (Fsp3) is 0.500. The van der Waals surface area contributed by atoms with Gasteiger partial charge >= 0.3 is 19.5 Å². The molecule has 1 aliphatic rings. The maximum absolute atomic E-state index is 12.2. The molecule has 0 spiro atoms. The van der Waals surface area contributed by atoms with Crippen LogP contribution in [0, 0.1) is 0 Å². The number of carbonyl (C=O) groups excluding carboxylic acids is 1. The average molecular weight is 395 g/mol. The summed E-state index contributed by atoms with van der Waals surface area (Å²) in [5.74, 6) is -1.49. The number of halogens is 4. The van der Waals surface area contributed by atoms with Crippen molar-refractivity contribution >= 4 is 34.5 Å². The van der Waals surface area contributed by atoms with Crippen LogP contribution in [0.15, 0.2) is 22.7 Å². The first-order chi connectivity index (χ1) is 10.3. The van der Waals surface area contributed by atoms with Crippen LogP contribution < -0.4 is 5.46 Å². The Balaban J connectivity index is 2.30. The second kappa shape index (κ2) is 5.79. The lowest BCUT2D eigenvalue weighted by Gasteiger charge is -2.32. The molecule has 23 heavy (non-hydrogen) atoms. The molecule has 2 rings (SSSR count). The van der Waals surface area contributed by atoms with E-state index < -0.39 is 30.7 Å².